The van der Waals surface area contributed by atoms with E-state index >= 15 is 0 Å². The number of hydrogen-bond donors (Lipinski definition) is 1. The van der Waals surface area contributed by atoms with Gasteiger partial charge < -0.3 is 14.7 Å². The highest BCUT2D eigenvalue weighted by Crippen LogP contribution is 2.18. The van der Waals surface area contributed by atoms with Gasteiger partial charge in [-0.1, -0.05) is 0 Å². The molecular formula is C12H15NO4. The van der Waals surface area contributed by atoms with Crippen LogP contribution in [0.1, 0.15) is 13.3 Å². The van der Waals surface area contributed by atoms with Gasteiger partial charge in [0.25, 0.3) is 0 Å². The Morgan fingerprint density at radius 3 is 2.35 bits per heavy atom. The number of amides is 1. The van der Waals surface area contributed by atoms with Crippen LogP contribution in [0.25, 0.3) is 0 Å². The Morgan fingerprint density at radius 1 is 1.29 bits per heavy atom. The Kier molecular flexibility index (Phi) is 4.51. The molecule has 0 bridgehead atoms. The first-order valence-electron chi connectivity index (χ1n) is 5.25. The lowest BCUT2D eigenvalue weighted by Crippen LogP contribution is -2.28. The van der Waals surface area contributed by atoms with E-state index in [1.807, 2.05) is 6.92 Å². The van der Waals surface area contributed by atoms with Crippen molar-refractivity contribution >= 4 is 17.6 Å². The molecule has 0 saturated carbocycles. The van der Waals surface area contributed by atoms with Crippen molar-refractivity contribution in [2.45, 2.75) is 13.3 Å². The Morgan fingerprint density at radius 2 is 1.88 bits per heavy atom. The molecule has 0 saturated heterocycles. The van der Waals surface area contributed by atoms with Crippen molar-refractivity contribution in [1.82, 2.24) is 0 Å². The van der Waals surface area contributed by atoms with Crippen molar-refractivity contribution in [3.05, 3.63) is 24.3 Å². The number of ether oxygens (including phenoxy) is 1. The molecule has 0 aliphatic rings. The van der Waals surface area contributed by atoms with Crippen molar-refractivity contribution < 1.29 is 19.4 Å². The van der Waals surface area contributed by atoms with Gasteiger partial charge in [-0.2, -0.15) is 0 Å². The van der Waals surface area contributed by atoms with Crippen LogP contribution in [-0.2, 0) is 9.59 Å². The van der Waals surface area contributed by atoms with Crippen LogP contribution in [0.15, 0.2) is 24.3 Å². The average Bonchev–Trinajstić information content (AvgIpc) is 2.28. The number of anilines is 1. The lowest BCUT2D eigenvalue weighted by atomic mass is 10.2. The van der Waals surface area contributed by atoms with E-state index < -0.39 is 18.3 Å². The van der Waals surface area contributed by atoms with Crippen LogP contribution in [0.5, 0.6) is 5.75 Å². The van der Waals surface area contributed by atoms with Crippen molar-refractivity contribution in [2.75, 3.05) is 18.6 Å². The predicted molar refractivity (Wildman–Crippen MR) is 63.3 cm³/mol. The third kappa shape index (κ3) is 3.79. The minimum absolute atomic E-state index is 0.457. The summed E-state index contributed by atoms with van der Waals surface area (Å²) in [5, 5.41) is 8.53. The van der Waals surface area contributed by atoms with Crippen LogP contribution in [0.2, 0.25) is 0 Å². The fraction of sp³-hybridized carbons (Fsp3) is 0.333. The van der Waals surface area contributed by atoms with Gasteiger partial charge >= 0.3 is 5.97 Å². The molecule has 17 heavy (non-hydrogen) atoms. The van der Waals surface area contributed by atoms with Gasteiger partial charge in [0, 0.05) is 12.7 Å². The fourth-order valence-corrected chi connectivity index (χ4v) is 1.32. The number of nitrogens with zero attached hydrogens (tertiary/aromatic N) is 1. The molecule has 1 aromatic carbocycles. The second-order valence-corrected chi connectivity index (χ2v) is 3.45. The smallest absolute Gasteiger partial charge is 0.312 e. The highest BCUT2D eigenvalue weighted by Gasteiger charge is 2.14. The molecule has 0 fully saturated rings. The molecule has 0 heterocycles. The molecule has 1 N–H and O–H groups in total. The molecule has 1 amide bonds. The molecule has 1 aromatic rings. The third-order valence-electron chi connectivity index (χ3n) is 2.21. The minimum atomic E-state index is -1.13. The summed E-state index contributed by atoms with van der Waals surface area (Å²) in [6.45, 7) is 2.46. The first-order chi connectivity index (χ1) is 8.04. The summed E-state index contributed by atoms with van der Waals surface area (Å²) in [7, 11) is 1.54. The molecule has 1 rings (SSSR count). The monoisotopic (exact) mass is 237 g/mol. The van der Waals surface area contributed by atoms with Crippen LogP contribution in [0.3, 0.4) is 0 Å². The quantitative estimate of drug-likeness (QED) is 0.788. The normalized spacial score (nSPS) is 9.76. The molecule has 0 unspecified atom stereocenters. The average molecular weight is 237 g/mol. The summed E-state index contributed by atoms with van der Waals surface area (Å²) in [5.74, 6) is -0.871. The molecule has 5 heteroatoms. The molecule has 5 nitrogen and oxygen atoms in total. The first-order valence-corrected chi connectivity index (χ1v) is 5.25. The van der Waals surface area contributed by atoms with E-state index in [2.05, 4.69) is 0 Å². The Labute approximate surface area is 99.6 Å². The number of hydrogen-bond acceptors (Lipinski definition) is 3. The first kappa shape index (κ1) is 13.0. The highest BCUT2D eigenvalue weighted by atomic mass is 16.5. The summed E-state index contributed by atoms with van der Waals surface area (Å²) >= 11 is 0. The number of aliphatic carboxylic acids is 1. The standard InChI is InChI=1S/C12H15NO4/c1-3-17-10-6-4-9(5-7-10)13(2)11(14)8-12(15)16/h4-7H,3,8H2,1-2H3,(H,15,16). The number of carboxylic acids is 1. The molecule has 0 spiro atoms. The molecule has 0 aromatic heterocycles. The van der Waals surface area contributed by atoms with E-state index in [1.165, 1.54) is 4.90 Å². The number of carbonyl (C=O) groups excluding carboxylic acids is 1. The largest absolute Gasteiger partial charge is 0.494 e. The molecule has 0 aliphatic carbocycles. The minimum Gasteiger partial charge on any atom is -0.494 e. The van der Waals surface area contributed by atoms with Gasteiger partial charge in [-0.3, -0.25) is 9.59 Å². The van der Waals surface area contributed by atoms with Crippen LogP contribution >= 0.6 is 0 Å². The van der Waals surface area contributed by atoms with Crippen molar-refractivity contribution in [3.63, 3.8) is 0 Å². The maximum Gasteiger partial charge on any atom is 0.312 e. The van der Waals surface area contributed by atoms with E-state index in [-0.39, 0.29) is 0 Å². The lowest BCUT2D eigenvalue weighted by molar-refractivity contribution is -0.140. The van der Waals surface area contributed by atoms with Crippen molar-refractivity contribution in [1.29, 1.82) is 0 Å². The zero-order valence-corrected chi connectivity index (χ0v) is 9.84. The maximum absolute atomic E-state index is 11.5. The second-order valence-electron chi connectivity index (χ2n) is 3.45. The van der Waals surface area contributed by atoms with Crippen LogP contribution in [-0.4, -0.2) is 30.6 Å². The topological polar surface area (TPSA) is 66.8 Å². The molecule has 92 valence electrons. The second kappa shape index (κ2) is 5.89. The molecular weight excluding hydrogens is 222 g/mol. The zero-order valence-electron chi connectivity index (χ0n) is 9.84. The van der Waals surface area contributed by atoms with Crippen molar-refractivity contribution in [3.8, 4) is 5.75 Å². The molecule has 0 aliphatic heterocycles. The van der Waals surface area contributed by atoms with Crippen LogP contribution in [0, 0.1) is 0 Å². The fourth-order valence-electron chi connectivity index (χ4n) is 1.32. The van der Waals surface area contributed by atoms with Gasteiger partial charge in [0.1, 0.15) is 12.2 Å². The van der Waals surface area contributed by atoms with E-state index in [0.717, 1.165) is 5.75 Å². The van der Waals surface area contributed by atoms with Gasteiger partial charge in [-0.15, -0.1) is 0 Å². The highest BCUT2D eigenvalue weighted by molar-refractivity contribution is 6.02. The zero-order chi connectivity index (χ0) is 12.8. The van der Waals surface area contributed by atoms with Gasteiger partial charge in [-0.25, -0.2) is 0 Å². The summed E-state index contributed by atoms with van der Waals surface area (Å²) in [5.41, 5.74) is 0.639. The van der Waals surface area contributed by atoms with E-state index in [4.69, 9.17) is 9.84 Å². The van der Waals surface area contributed by atoms with Gasteiger partial charge in [0.05, 0.1) is 6.61 Å². The molecule has 0 radical (unpaired) electrons. The SMILES string of the molecule is CCOc1ccc(N(C)C(=O)CC(=O)O)cc1. The number of benzene rings is 1. The van der Waals surface area contributed by atoms with Crippen LogP contribution < -0.4 is 9.64 Å². The Balaban J connectivity index is 2.72. The maximum atomic E-state index is 11.5. The van der Waals surface area contributed by atoms with Gasteiger partial charge in [-0.05, 0) is 31.2 Å². The van der Waals surface area contributed by atoms with E-state index in [0.29, 0.717) is 12.3 Å². The Hall–Kier alpha value is -2.04. The third-order valence-corrected chi connectivity index (χ3v) is 2.21. The molecule has 0 atom stereocenters. The number of rotatable bonds is 5. The Bertz CT molecular complexity index is 399. The van der Waals surface area contributed by atoms with Gasteiger partial charge in [0.2, 0.25) is 5.91 Å². The van der Waals surface area contributed by atoms with E-state index in [1.54, 1.807) is 31.3 Å². The summed E-state index contributed by atoms with van der Waals surface area (Å²) in [4.78, 5) is 23.2. The lowest BCUT2D eigenvalue weighted by Gasteiger charge is -2.16. The van der Waals surface area contributed by atoms with Crippen LogP contribution in [0.4, 0.5) is 5.69 Å². The summed E-state index contributed by atoms with van der Waals surface area (Å²) in [6, 6.07) is 6.91. The number of carboxylic acid groups (broad SMARTS) is 1. The summed E-state index contributed by atoms with van der Waals surface area (Å²) in [6.07, 6.45) is -0.510. The summed E-state index contributed by atoms with van der Waals surface area (Å²) < 4.78 is 5.27. The van der Waals surface area contributed by atoms with Gasteiger partial charge in [0.15, 0.2) is 0 Å². The predicted octanol–water partition coefficient (Wildman–Crippen LogP) is 1.52. The van der Waals surface area contributed by atoms with E-state index in [9.17, 15) is 9.59 Å². The van der Waals surface area contributed by atoms with Crippen molar-refractivity contribution in [2.24, 2.45) is 0 Å². The number of carbonyl (C=O) groups is 2.